The summed E-state index contributed by atoms with van der Waals surface area (Å²) in [6.45, 7) is 7.68. The second-order valence-corrected chi connectivity index (χ2v) is 9.04. The highest BCUT2D eigenvalue weighted by molar-refractivity contribution is 5.69. The van der Waals surface area contributed by atoms with Gasteiger partial charge in [-0.2, -0.15) is 0 Å². The topological polar surface area (TPSA) is 52.6 Å². The largest absolute Gasteiger partial charge is 0.466 e. The summed E-state index contributed by atoms with van der Waals surface area (Å²) in [7, 11) is 0. The van der Waals surface area contributed by atoms with E-state index < -0.39 is 0 Å². The van der Waals surface area contributed by atoms with Crippen LogP contribution in [0, 0.1) is 5.92 Å². The smallest absolute Gasteiger partial charge is 0.305 e. The van der Waals surface area contributed by atoms with Crippen molar-refractivity contribution in [3.8, 4) is 0 Å². The predicted molar refractivity (Wildman–Crippen MR) is 130 cm³/mol. The molecule has 0 aliphatic rings. The highest BCUT2D eigenvalue weighted by atomic mass is 16.5. The first kappa shape index (κ1) is 29.9. The lowest BCUT2D eigenvalue weighted by Gasteiger charge is -2.12. The molecule has 0 heterocycles. The van der Waals surface area contributed by atoms with Crippen molar-refractivity contribution in [2.75, 3.05) is 13.2 Å². The number of esters is 2. The molecule has 0 aliphatic heterocycles. The molecule has 0 N–H and O–H groups in total. The van der Waals surface area contributed by atoms with Crippen LogP contribution in [0.4, 0.5) is 0 Å². The minimum Gasteiger partial charge on any atom is -0.466 e. The molecule has 4 nitrogen and oxygen atoms in total. The Labute approximate surface area is 193 Å². The number of unbranched alkanes of at least 4 members (excludes halogenated alkanes) is 13. The Morgan fingerprint density at radius 1 is 0.548 bits per heavy atom. The molecule has 0 aromatic heterocycles. The van der Waals surface area contributed by atoms with Gasteiger partial charge in [0, 0.05) is 12.8 Å². The van der Waals surface area contributed by atoms with Crippen LogP contribution in [-0.4, -0.2) is 25.2 Å². The van der Waals surface area contributed by atoms with Crippen molar-refractivity contribution in [2.24, 2.45) is 5.92 Å². The molecule has 0 fully saturated rings. The van der Waals surface area contributed by atoms with E-state index in [9.17, 15) is 9.59 Å². The molecule has 0 spiro atoms. The van der Waals surface area contributed by atoms with E-state index in [0.717, 1.165) is 57.8 Å². The molecule has 0 aromatic carbocycles. The van der Waals surface area contributed by atoms with Crippen LogP contribution >= 0.6 is 0 Å². The molecule has 0 bridgehead atoms. The molecule has 184 valence electrons. The van der Waals surface area contributed by atoms with Gasteiger partial charge in [-0.05, 0) is 25.2 Å². The van der Waals surface area contributed by atoms with Crippen LogP contribution in [0.5, 0.6) is 0 Å². The normalized spacial score (nSPS) is 11.1. The summed E-state index contributed by atoms with van der Waals surface area (Å²) in [4.78, 5) is 23.5. The van der Waals surface area contributed by atoms with Crippen molar-refractivity contribution in [2.45, 2.75) is 143 Å². The van der Waals surface area contributed by atoms with E-state index in [-0.39, 0.29) is 11.9 Å². The van der Waals surface area contributed by atoms with E-state index in [0.29, 0.717) is 32.0 Å². The lowest BCUT2D eigenvalue weighted by atomic mass is 10.1. The van der Waals surface area contributed by atoms with Crippen molar-refractivity contribution in [1.82, 2.24) is 0 Å². The van der Waals surface area contributed by atoms with E-state index in [4.69, 9.17) is 9.47 Å². The Balaban J connectivity index is 3.31. The van der Waals surface area contributed by atoms with Gasteiger partial charge in [-0.1, -0.05) is 111 Å². The number of carbonyl (C=O) groups is 2. The Hall–Kier alpha value is -1.06. The SMILES string of the molecule is CCCCCCCCCCCOC(=O)CCCCCCCCC(=O)OCC(CC)CC. The maximum Gasteiger partial charge on any atom is 0.305 e. The van der Waals surface area contributed by atoms with Gasteiger partial charge in [-0.25, -0.2) is 0 Å². The molecule has 0 aliphatic carbocycles. The minimum absolute atomic E-state index is 0.0419. The maximum absolute atomic E-state index is 11.8. The van der Waals surface area contributed by atoms with Crippen molar-refractivity contribution < 1.29 is 19.1 Å². The number of hydrogen-bond donors (Lipinski definition) is 0. The van der Waals surface area contributed by atoms with Crippen LogP contribution in [0.1, 0.15) is 143 Å². The fourth-order valence-corrected chi connectivity index (χ4v) is 3.72. The van der Waals surface area contributed by atoms with Crippen molar-refractivity contribution in [3.05, 3.63) is 0 Å². The highest BCUT2D eigenvalue weighted by Gasteiger charge is 2.08. The van der Waals surface area contributed by atoms with E-state index in [1.165, 1.54) is 51.4 Å². The quantitative estimate of drug-likeness (QED) is 0.119. The molecule has 4 heteroatoms. The third-order valence-electron chi connectivity index (χ3n) is 6.16. The van der Waals surface area contributed by atoms with Crippen LogP contribution in [-0.2, 0) is 19.1 Å². The van der Waals surface area contributed by atoms with Gasteiger partial charge in [0.2, 0.25) is 0 Å². The molecule has 0 unspecified atom stereocenters. The number of carbonyl (C=O) groups excluding carboxylic acids is 2. The number of rotatable bonds is 23. The van der Waals surface area contributed by atoms with Gasteiger partial charge in [-0.3, -0.25) is 9.59 Å². The molecule has 0 amide bonds. The molecule has 0 radical (unpaired) electrons. The van der Waals surface area contributed by atoms with Crippen LogP contribution in [0.25, 0.3) is 0 Å². The summed E-state index contributed by atoms with van der Waals surface area (Å²) >= 11 is 0. The van der Waals surface area contributed by atoms with E-state index in [1.807, 2.05) is 0 Å². The fraction of sp³-hybridized carbons (Fsp3) is 0.926. The van der Waals surface area contributed by atoms with Crippen LogP contribution < -0.4 is 0 Å². The second-order valence-electron chi connectivity index (χ2n) is 9.04. The van der Waals surface area contributed by atoms with Crippen LogP contribution in [0.15, 0.2) is 0 Å². The summed E-state index contributed by atoms with van der Waals surface area (Å²) in [6, 6.07) is 0. The molecule has 0 rings (SSSR count). The van der Waals surface area contributed by atoms with E-state index in [1.54, 1.807) is 0 Å². The summed E-state index contributed by atoms with van der Waals surface area (Å²) in [5, 5.41) is 0. The molecule has 0 saturated heterocycles. The van der Waals surface area contributed by atoms with Gasteiger partial charge in [0.15, 0.2) is 0 Å². The van der Waals surface area contributed by atoms with E-state index in [2.05, 4.69) is 20.8 Å². The first-order valence-electron chi connectivity index (χ1n) is 13.4. The van der Waals surface area contributed by atoms with E-state index >= 15 is 0 Å². The third kappa shape index (κ3) is 21.9. The van der Waals surface area contributed by atoms with Gasteiger partial charge in [0.05, 0.1) is 13.2 Å². The highest BCUT2D eigenvalue weighted by Crippen LogP contribution is 2.12. The zero-order valence-electron chi connectivity index (χ0n) is 21.1. The number of hydrogen-bond acceptors (Lipinski definition) is 4. The predicted octanol–water partition coefficient (Wildman–Crippen LogP) is 8.16. The molecule has 0 atom stereocenters. The number of ether oxygens (including phenoxy) is 2. The summed E-state index contributed by atoms with van der Waals surface area (Å²) in [5.41, 5.74) is 0. The van der Waals surface area contributed by atoms with Gasteiger partial charge < -0.3 is 9.47 Å². The third-order valence-corrected chi connectivity index (χ3v) is 6.16. The lowest BCUT2D eigenvalue weighted by Crippen LogP contribution is -2.12. The van der Waals surface area contributed by atoms with Gasteiger partial charge >= 0.3 is 11.9 Å². The summed E-state index contributed by atoms with van der Waals surface area (Å²) < 4.78 is 10.7. The van der Waals surface area contributed by atoms with Crippen molar-refractivity contribution >= 4 is 11.9 Å². The average molecular weight is 441 g/mol. The summed E-state index contributed by atoms with van der Waals surface area (Å²) in [5.74, 6) is 0.405. The minimum atomic E-state index is -0.0541. The van der Waals surface area contributed by atoms with Gasteiger partial charge in [-0.15, -0.1) is 0 Å². The van der Waals surface area contributed by atoms with Gasteiger partial charge in [0.1, 0.15) is 0 Å². The zero-order valence-corrected chi connectivity index (χ0v) is 21.1. The maximum atomic E-state index is 11.8. The van der Waals surface area contributed by atoms with Crippen molar-refractivity contribution in [1.29, 1.82) is 0 Å². The standard InChI is InChI=1S/C27H52O4/c1-4-7-8-9-10-11-14-17-20-23-30-26(28)21-18-15-12-13-16-19-22-27(29)31-24-25(5-2)6-3/h25H,4-24H2,1-3H3. The fourth-order valence-electron chi connectivity index (χ4n) is 3.72. The molecule has 0 aromatic rings. The Kier molecular flexibility index (Phi) is 22.8. The molecule has 31 heavy (non-hydrogen) atoms. The first-order valence-corrected chi connectivity index (χ1v) is 13.4. The molecular weight excluding hydrogens is 388 g/mol. The Morgan fingerprint density at radius 2 is 0.968 bits per heavy atom. The summed E-state index contributed by atoms with van der Waals surface area (Å²) in [6.07, 6.45) is 20.9. The average Bonchev–Trinajstić information content (AvgIpc) is 2.77. The monoisotopic (exact) mass is 440 g/mol. The van der Waals surface area contributed by atoms with Crippen molar-refractivity contribution in [3.63, 3.8) is 0 Å². The molecule has 0 saturated carbocycles. The lowest BCUT2D eigenvalue weighted by molar-refractivity contribution is -0.145. The first-order chi connectivity index (χ1) is 15.1. The second kappa shape index (κ2) is 23.6. The van der Waals surface area contributed by atoms with Gasteiger partial charge in [0.25, 0.3) is 0 Å². The molecular formula is C27H52O4. The van der Waals surface area contributed by atoms with Crippen LogP contribution in [0.2, 0.25) is 0 Å². The zero-order chi connectivity index (χ0) is 23.0. The Morgan fingerprint density at radius 3 is 1.45 bits per heavy atom. The Bertz CT molecular complexity index is 404. The van der Waals surface area contributed by atoms with Crippen LogP contribution in [0.3, 0.4) is 0 Å².